The third-order valence-electron chi connectivity index (χ3n) is 4.57. The predicted molar refractivity (Wildman–Crippen MR) is 118 cm³/mol. The normalized spacial score (nSPS) is 12.5. The van der Waals surface area contributed by atoms with Crippen molar-refractivity contribution in [3.63, 3.8) is 0 Å². The van der Waals surface area contributed by atoms with E-state index in [9.17, 15) is 9.18 Å². The van der Waals surface area contributed by atoms with Gasteiger partial charge in [-0.15, -0.1) is 0 Å². The Morgan fingerprint density at radius 1 is 1.17 bits per heavy atom. The van der Waals surface area contributed by atoms with Gasteiger partial charge in [-0.3, -0.25) is 9.79 Å². The number of carbonyl (C=O) groups excluding carboxylic acids is 1. The van der Waals surface area contributed by atoms with Gasteiger partial charge >= 0.3 is 0 Å². The minimum absolute atomic E-state index is 0.0748. The molecule has 2 aromatic rings. The summed E-state index contributed by atoms with van der Waals surface area (Å²) in [7, 11) is 1.66. The van der Waals surface area contributed by atoms with Crippen LogP contribution in [0.4, 0.5) is 4.39 Å². The Morgan fingerprint density at radius 2 is 1.87 bits per heavy atom. The zero-order valence-electron chi connectivity index (χ0n) is 18.0. The molecule has 2 aromatic carbocycles. The van der Waals surface area contributed by atoms with Crippen molar-refractivity contribution < 1.29 is 13.9 Å². The molecule has 1 unspecified atom stereocenters. The van der Waals surface area contributed by atoms with Crippen molar-refractivity contribution in [3.05, 3.63) is 65.0 Å². The highest BCUT2D eigenvalue weighted by atomic mass is 19.1. The van der Waals surface area contributed by atoms with E-state index in [1.54, 1.807) is 19.2 Å². The van der Waals surface area contributed by atoms with E-state index in [4.69, 9.17) is 10.5 Å². The van der Waals surface area contributed by atoms with Crippen molar-refractivity contribution in [1.29, 1.82) is 0 Å². The van der Waals surface area contributed by atoms with Gasteiger partial charge < -0.3 is 21.1 Å². The van der Waals surface area contributed by atoms with Crippen molar-refractivity contribution >= 4 is 11.9 Å². The molecule has 4 N–H and O–H groups in total. The Bertz CT molecular complexity index is 866. The summed E-state index contributed by atoms with van der Waals surface area (Å²) in [4.78, 5) is 16.1. The zero-order chi connectivity index (χ0) is 22.1. The molecule has 0 saturated heterocycles. The van der Waals surface area contributed by atoms with Crippen molar-refractivity contribution in [2.45, 2.75) is 39.8 Å². The van der Waals surface area contributed by atoms with Gasteiger partial charge in [-0.25, -0.2) is 4.39 Å². The molecule has 0 radical (unpaired) electrons. The van der Waals surface area contributed by atoms with Crippen LogP contribution in [0.5, 0.6) is 5.75 Å². The number of primary amides is 1. The van der Waals surface area contributed by atoms with Crippen LogP contribution in [0, 0.1) is 18.7 Å². The van der Waals surface area contributed by atoms with Crippen molar-refractivity contribution in [2.75, 3.05) is 13.6 Å². The SMILES string of the molecule is CN=C(NCc1ccc(C)cc1OC(C)C)NCC(Cc1ccc(F)cc1)C(N)=O. The van der Waals surface area contributed by atoms with Crippen molar-refractivity contribution in [1.82, 2.24) is 10.6 Å². The van der Waals surface area contributed by atoms with E-state index in [2.05, 4.69) is 15.6 Å². The summed E-state index contributed by atoms with van der Waals surface area (Å²) in [6.07, 6.45) is 0.495. The molecule has 2 rings (SSSR count). The van der Waals surface area contributed by atoms with Gasteiger partial charge in [0.2, 0.25) is 5.91 Å². The van der Waals surface area contributed by atoms with Crippen LogP contribution in [0.3, 0.4) is 0 Å². The number of aryl methyl sites for hydroxylation is 1. The molecule has 1 amide bonds. The molecule has 162 valence electrons. The highest BCUT2D eigenvalue weighted by molar-refractivity contribution is 5.81. The molecule has 1 atom stereocenters. The average molecular weight is 415 g/mol. The van der Waals surface area contributed by atoms with Crippen LogP contribution in [0.2, 0.25) is 0 Å². The lowest BCUT2D eigenvalue weighted by Crippen LogP contribution is -2.42. The van der Waals surface area contributed by atoms with Gasteiger partial charge in [-0.05, 0) is 56.5 Å². The number of halogens is 1. The van der Waals surface area contributed by atoms with E-state index in [-0.39, 0.29) is 11.9 Å². The Morgan fingerprint density at radius 3 is 2.47 bits per heavy atom. The van der Waals surface area contributed by atoms with Crippen LogP contribution in [0.15, 0.2) is 47.5 Å². The topological polar surface area (TPSA) is 88.7 Å². The van der Waals surface area contributed by atoms with Crippen LogP contribution in [0.1, 0.15) is 30.5 Å². The van der Waals surface area contributed by atoms with E-state index in [0.29, 0.717) is 25.5 Å². The second-order valence-corrected chi connectivity index (χ2v) is 7.51. The molecular formula is C23H31FN4O2. The van der Waals surface area contributed by atoms with Crippen LogP contribution in [-0.2, 0) is 17.8 Å². The lowest BCUT2D eigenvalue weighted by Gasteiger charge is -2.19. The summed E-state index contributed by atoms with van der Waals surface area (Å²) in [5.41, 5.74) is 8.54. The molecule has 0 bridgehead atoms. The number of hydrogen-bond donors (Lipinski definition) is 3. The van der Waals surface area contributed by atoms with Gasteiger partial charge in [0.25, 0.3) is 0 Å². The average Bonchev–Trinajstić information content (AvgIpc) is 2.69. The number of amides is 1. The van der Waals surface area contributed by atoms with E-state index >= 15 is 0 Å². The van der Waals surface area contributed by atoms with Gasteiger partial charge in [0.05, 0.1) is 12.0 Å². The highest BCUT2D eigenvalue weighted by Gasteiger charge is 2.17. The third-order valence-corrected chi connectivity index (χ3v) is 4.57. The molecule has 30 heavy (non-hydrogen) atoms. The van der Waals surface area contributed by atoms with Gasteiger partial charge in [0.1, 0.15) is 11.6 Å². The fourth-order valence-corrected chi connectivity index (χ4v) is 2.97. The fraction of sp³-hybridized carbons (Fsp3) is 0.391. The number of carbonyl (C=O) groups is 1. The molecule has 0 fully saturated rings. The molecule has 6 nitrogen and oxygen atoms in total. The number of aliphatic imine (C=N–C) groups is 1. The van der Waals surface area contributed by atoms with E-state index in [1.807, 2.05) is 39.0 Å². The summed E-state index contributed by atoms with van der Waals surface area (Å²) in [5.74, 6) is 0.200. The third kappa shape index (κ3) is 7.39. The fourth-order valence-electron chi connectivity index (χ4n) is 2.97. The molecule has 0 aliphatic carbocycles. The monoisotopic (exact) mass is 414 g/mol. The zero-order valence-corrected chi connectivity index (χ0v) is 18.0. The quantitative estimate of drug-likeness (QED) is 0.435. The lowest BCUT2D eigenvalue weighted by atomic mass is 9.98. The standard InChI is InChI=1S/C23H31FN4O2/c1-15(2)30-21-11-16(3)5-8-18(21)13-27-23(26-4)28-14-19(22(25)29)12-17-6-9-20(24)10-7-17/h5-11,15,19H,12-14H2,1-4H3,(H2,25,29)(H2,26,27,28). The molecule has 0 heterocycles. The molecule has 7 heteroatoms. The summed E-state index contributed by atoms with van der Waals surface area (Å²) in [6, 6.07) is 12.1. The number of rotatable bonds is 9. The summed E-state index contributed by atoms with van der Waals surface area (Å²) in [6.45, 7) is 6.84. The molecule has 0 aromatic heterocycles. The Labute approximate surface area is 177 Å². The van der Waals surface area contributed by atoms with Gasteiger partial charge in [-0.2, -0.15) is 0 Å². The maximum absolute atomic E-state index is 13.1. The first kappa shape index (κ1) is 23.2. The number of nitrogens with one attached hydrogen (secondary N) is 2. The first-order valence-electron chi connectivity index (χ1n) is 10.0. The minimum Gasteiger partial charge on any atom is -0.491 e. The lowest BCUT2D eigenvalue weighted by molar-refractivity contribution is -0.121. The second kappa shape index (κ2) is 11.2. The summed E-state index contributed by atoms with van der Waals surface area (Å²) >= 11 is 0. The Hall–Kier alpha value is -3.09. The maximum atomic E-state index is 13.1. The first-order chi connectivity index (χ1) is 14.3. The number of ether oxygens (including phenoxy) is 1. The molecule has 0 aliphatic heterocycles. The van der Waals surface area contributed by atoms with Gasteiger partial charge in [0, 0.05) is 25.7 Å². The number of nitrogens with two attached hydrogens (primary N) is 1. The smallest absolute Gasteiger partial charge is 0.222 e. The van der Waals surface area contributed by atoms with Gasteiger partial charge in [-0.1, -0.05) is 24.3 Å². The molecule has 0 aliphatic rings. The number of nitrogens with zero attached hydrogens (tertiary/aromatic N) is 1. The highest BCUT2D eigenvalue weighted by Crippen LogP contribution is 2.21. The number of benzene rings is 2. The minimum atomic E-state index is -0.451. The predicted octanol–water partition coefficient (Wildman–Crippen LogP) is 2.93. The van der Waals surface area contributed by atoms with Crippen LogP contribution < -0.4 is 21.1 Å². The summed E-state index contributed by atoms with van der Waals surface area (Å²) in [5, 5.41) is 6.39. The summed E-state index contributed by atoms with van der Waals surface area (Å²) < 4.78 is 19.0. The first-order valence-corrected chi connectivity index (χ1v) is 10.0. The molecule has 0 saturated carbocycles. The Kier molecular flexibility index (Phi) is 8.65. The van der Waals surface area contributed by atoms with E-state index in [1.165, 1.54) is 12.1 Å². The van der Waals surface area contributed by atoms with Crippen LogP contribution >= 0.6 is 0 Å². The number of guanidine groups is 1. The van der Waals surface area contributed by atoms with Crippen LogP contribution in [-0.4, -0.2) is 31.6 Å². The van der Waals surface area contributed by atoms with E-state index < -0.39 is 11.8 Å². The van der Waals surface area contributed by atoms with Crippen molar-refractivity contribution in [3.8, 4) is 5.75 Å². The van der Waals surface area contributed by atoms with Crippen LogP contribution in [0.25, 0.3) is 0 Å². The van der Waals surface area contributed by atoms with Gasteiger partial charge in [0.15, 0.2) is 5.96 Å². The number of hydrogen-bond acceptors (Lipinski definition) is 3. The second-order valence-electron chi connectivity index (χ2n) is 7.51. The van der Waals surface area contributed by atoms with Crippen molar-refractivity contribution in [2.24, 2.45) is 16.6 Å². The molecule has 0 spiro atoms. The van der Waals surface area contributed by atoms with E-state index in [0.717, 1.165) is 22.4 Å². The maximum Gasteiger partial charge on any atom is 0.222 e. The molecular weight excluding hydrogens is 383 g/mol. The largest absolute Gasteiger partial charge is 0.491 e. The Balaban J connectivity index is 1.96.